The monoisotopic (exact) mass is 270 g/mol. The fourth-order valence-electron chi connectivity index (χ4n) is 1.20. The number of methoxy groups -OCH3 is 1. The number of thiocarbonyl (C=S) groups is 1. The first-order valence-electron chi connectivity index (χ1n) is 5.67. The lowest BCUT2D eigenvalue weighted by atomic mass is 10.4. The molecule has 0 aliphatic carbocycles. The number of nitrogens with zero attached hydrogens (tertiary/aromatic N) is 2. The molecular formula is C11H18N4O2S. The topological polar surface area (TPSA) is 82.3 Å². The van der Waals surface area contributed by atoms with Gasteiger partial charge < -0.3 is 20.5 Å². The van der Waals surface area contributed by atoms with Crippen molar-refractivity contribution in [3.8, 4) is 0 Å². The lowest BCUT2D eigenvalue weighted by Gasteiger charge is -2.06. The van der Waals surface area contributed by atoms with Gasteiger partial charge in [-0.15, -0.1) is 0 Å². The highest BCUT2D eigenvalue weighted by atomic mass is 32.1. The van der Waals surface area contributed by atoms with Crippen molar-refractivity contribution in [2.24, 2.45) is 5.73 Å². The Morgan fingerprint density at radius 2 is 2.28 bits per heavy atom. The van der Waals surface area contributed by atoms with Gasteiger partial charge in [-0.1, -0.05) is 12.2 Å². The van der Waals surface area contributed by atoms with E-state index in [-0.39, 0.29) is 4.99 Å². The maximum atomic E-state index is 5.49. The molecule has 0 saturated carbocycles. The number of hydrogen-bond acceptors (Lipinski definition) is 6. The number of nitrogens with two attached hydrogens (primary N) is 1. The molecule has 3 N–H and O–H groups in total. The van der Waals surface area contributed by atoms with E-state index >= 15 is 0 Å². The van der Waals surface area contributed by atoms with Gasteiger partial charge in [0.25, 0.3) is 0 Å². The van der Waals surface area contributed by atoms with Crippen LogP contribution in [0.4, 0.5) is 5.95 Å². The molecule has 0 saturated heterocycles. The number of hydrogen-bond donors (Lipinski definition) is 2. The number of nitrogens with one attached hydrogen (secondary N) is 1. The highest BCUT2D eigenvalue weighted by molar-refractivity contribution is 7.80. The predicted octanol–water partition coefficient (Wildman–Crippen LogP) is 0.576. The van der Waals surface area contributed by atoms with Gasteiger partial charge in [-0.3, -0.25) is 0 Å². The fourth-order valence-corrected chi connectivity index (χ4v) is 1.31. The quantitative estimate of drug-likeness (QED) is 0.501. The van der Waals surface area contributed by atoms with Crippen molar-refractivity contribution in [1.29, 1.82) is 0 Å². The Morgan fingerprint density at radius 1 is 1.44 bits per heavy atom. The van der Waals surface area contributed by atoms with Gasteiger partial charge >= 0.3 is 0 Å². The maximum Gasteiger partial charge on any atom is 0.223 e. The predicted molar refractivity (Wildman–Crippen MR) is 73.7 cm³/mol. The summed E-state index contributed by atoms with van der Waals surface area (Å²) in [7, 11) is 1.65. The smallest absolute Gasteiger partial charge is 0.223 e. The van der Waals surface area contributed by atoms with Gasteiger partial charge in [0.2, 0.25) is 5.95 Å². The molecule has 0 aromatic carbocycles. The summed E-state index contributed by atoms with van der Waals surface area (Å²) in [5.41, 5.74) is 6.06. The third kappa shape index (κ3) is 5.85. The average molecular weight is 270 g/mol. The van der Waals surface area contributed by atoms with Gasteiger partial charge in [0.05, 0.1) is 13.2 Å². The van der Waals surface area contributed by atoms with E-state index in [4.69, 9.17) is 27.4 Å². The standard InChI is InChI=1S/C11H18N4O2S/c1-16-7-8-17-6-2-4-13-11-14-5-3-9(15-11)10(12)18/h3,5H,2,4,6-8H2,1H3,(H2,12,18)(H,13,14,15). The van der Waals surface area contributed by atoms with Gasteiger partial charge in [-0.25, -0.2) is 9.97 Å². The number of aromatic nitrogens is 2. The molecule has 0 amide bonds. The lowest BCUT2D eigenvalue weighted by Crippen LogP contribution is -2.14. The van der Waals surface area contributed by atoms with Crippen LogP contribution in [0.5, 0.6) is 0 Å². The second-order valence-electron chi connectivity index (χ2n) is 3.52. The minimum absolute atomic E-state index is 0.267. The van der Waals surface area contributed by atoms with Gasteiger partial charge in [-0.2, -0.15) is 0 Å². The Balaban J connectivity index is 2.19. The largest absolute Gasteiger partial charge is 0.388 e. The molecule has 1 heterocycles. The summed E-state index contributed by atoms with van der Waals surface area (Å²) in [5.74, 6) is 0.525. The second kappa shape index (κ2) is 8.73. The lowest BCUT2D eigenvalue weighted by molar-refractivity contribution is 0.0705. The van der Waals surface area contributed by atoms with E-state index in [9.17, 15) is 0 Å². The molecule has 0 bridgehead atoms. The molecule has 1 aromatic rings. The molecule has 1 rings (SSSR count). The third-order valence-corrected chi connectivity index (χ3v) is 2.30. The van der Waals surface area contributed by atoms with Crippen molar-refractivity contribution >= 4 is 23.2 Å². The van der Waals surface area contributed by atoms with Gasteiger partial charge in [0, 0.05) is 26.5 Å². The van der Waals surface area contributed by atoms with E-state index in [2.05, 4.69) is 15.3 Å². The SMILES string of the molecule is COCCOCCCNc1nccc(C(N)=S)n1. The van der Waals surface area contributed by atoms with E-state index in [1.807, 2.05) is 0 Å². The fraction of sp³-hybridized carbons (Fsp3) is 0.545. The normalized spacial score (nSPS) is 10.3. The zero-order valence-corrected chi connectivity index (χ0v) is 11.2. The van der Waals surface area contributed by atoms with Crippen LogP contribution in [-0.4, -0.2) is 48.4 Å². The van der Waals surface area contributed by atoms with Gasteiger partial charge in [0.1, 0.15) is 10.7 Å². The molecule has 0 unspecified atom stereocenters. The van der Waals surface area contributed by atoms with Crippen LogP contribution in [0.15, 0.2) is 12.3 Å². The number of rotatable bonds is 9. The zero-order chi connectivity index (χ0) is 13.2. The zero-order valence-electron chi connectivity index (χ0n) is 10.4. The second-order valence-corrected chi connectivity index (χ2v) is 3.96. The first-order valence-corrected chi connectivity index (χ1v) is 6.08. The van der Waals surface area contributed by atoms with Crippen molar-refractivity contribution in [2.45, 2.75) is 6.42 Å². The summed E-state index contributed by atoms with van der Waals surface area (Å²) in [5, 5.41) is 3.08. The van der Waals surface area contributed by atoms with Crippen LogP contribution in [0.25, 0.3) is 0 Å². The molecule has 0 aliphatic rings. The molecule has 0 atom stereocenters. The van der Waals surface area contributed by atoms with E-state index in [0.29, 0.717) is 31.5 Å². The van der Waals surface area contributed by atoms with Gasteiger partial charge in [0.15, 0.2) is 0 Å². The summed E-state index contributed by atoms with van der Waals surface area (Å²) >= 11 is 4.84. The minimum atomic E-state index is 0.267. The van der Waals surface area contributed by atoms with Crippen molar-refractivity contribution in [1.82, 2.24) is 9.97 Å². The Morgan fingerprint density at radius 3 is 3.00 bits per heavy atom. The van der Waals surface area contributed by atoms with Crippen LogP contribution in [0.3, 0.4) is 0 Å². The van der Waals surface area contributed by atoms with Gasteiger partial charge in [-0.05, 0) is 12.5 Å². The van der Waals surface area contributed by atoms with Crippen LogP contribution in [0, 0.1) is 0 Å². The Hall–Kier alpha value is -1.31. The average Bonchev–Trinajstić information content (AvgIpc) is 2.38. The van der Waals surface area contributed by atoms with Crippen LogP contribution in [0.1, 0.15) is 12.1 Å². The van der Waals surface area contributed by atoms with Crippen molar-refractivity contribution in [3.63, 3.8) is 0 Å². The molecule has 0 radical (unpaired) electrons. The van der Waals surface area contributed by atoms with E-state index in [1.54, 1.807) is 19.4 Å². The summed E-state index contributed by atoms with van der Waals surface area (Å²) in [6.45, 7) is 2.63. The molecule has 7 heteroatoms. The molecule has 0 spiro atoms. The van der Waals surface area contributed by atoms with Crippen LogP contribution in [0.2, 0.25) is 0 Å². The molecule has 6 nitrogen and oxygen atoms in total. The first-order chi connectivity index (χ1) is 8.74. The minimum Gasteiger partial charge on any atom is -0.388 e. The van der Waals surface area contributed by atoms with E-state index in [1.165, 1.54) is 0 Å². The van der Waals surface area contributed by atoms with Crippen LogP contribution >= 0.6 is 12.2 Å². The molecule has 1 aromatic heterocycles. The Bertz CT molecular complexity index is 376. The summed E-state index contributed by atoms with van der Waals surface area (Å²) < 4.78 is 10.2. The Labute approximate surface area is 112 Å². The van der Waals surface area contributed by atoms with Crippen molar-refractivity contribution in [2.75, 3.05) is 38.8 Å². The van der Waals surface area contributed by atoms with Crippen LogP contribution in [-0.2, 0) is 9.47 Å². The van der Waals surface area contributed by atoms with E-state index < -0.39 is 0 Å². The first kappa shape index (κ1) is 14.7. The molecule has 18 heavy (non-hydrogen) atoms. The molecular weight excluding hydrogens is 252 g/mol. The van der Waals surface area contributed by atoms with Crippen molar-refractivity contribution < 1.29 is 9.47 Å². The van der Waals surface area contributed by atoms with Crippen LogP contribution < -0.4 is 11.1 Å². The number of ether oxygens (including phenoxy) is 2. The van der Waals surface area contributed by atoms with Crippen molar-refractivity contribution in [3.05, 3.63) is 18.0 Å². The summed E-state index contributed by atoms with van der Waals surface area (Å²) in [6.07, 6.45) is 2.49. The Kier molecular flexibility index (Phi) is 7.16. The summed E-state index contributed by atoms with van der Waals surface area (Å²) in [6, 6.07) is 1.68. The molecule has 0 fully saturated rings. The molecule has 100 valence electrons. The maximum absolute atomic E-state index is 5.49. The highest BCUT2D eigenvalue weighted by Gasteiger charge is 2.00. The highest BCUT2D eigenvalue weighted by Crippen LogP contribution is 2.00. The third-order valence-electron chi connectivity index (χ3n) is 2.09. The number of anilines is 1. The van der Waals surface area contributed by atoms with E-state index in [0.717, 1.165) is 13.0 Å². The summed E-state index contributed by atoms with van der Waals surface area (Å²) in [4.78, 5) is 8.51. The molecule has 0 aliphatic heterocycles.